The molecular formula is C12H18N4O2. The molecule has 1 saturated heterocycles. The van der Waals surface area contributed by atoms with E-state index in [9.17, 15) is 10.1 Å². The molecule has 1 aromatic heterocycles. The highest BCUT2D eigenvalue weighted by Crippen LogP contribution is 2.24. The first-order valence-corrected chi connectivity index (χ1v) is 6.20. The third kappa shape index (κ3) is 2.76. The molecule has 2 unspecified atom stereocenters. The lowest BCUT2D eigenvalue weighted by Gasteiger charge is -2.30. The fourth-order valence-electron chi connectivity index (χ4n) is 2.22. The van der Waals surface area contributed by atoms with Crippen LogP contribution in [0.3, 0.4) is 0 Å². The van der Waals surface area contributed by atoms with E-state index in [1.807, 2.05) is 6.92 Å². The van der Waals surface area contributed by atoms with Crippen molar-refractivity contribution < 1.29 is 4.92 Å². The Morgan fingerprint density at radius 1 is 1.56 bits per heavy atom. The Kier molecular flexibility index (Phi) is 3.76. The average molecular weight is 250 g/mol. The highest BCUT2D eigenvalue weighted by atomic mass is 16.6. The molecule has 6 heteroatoms. The van der Waals surface area contributed by atoms with Crippen LogP contribution in [0.2, 0.25) is 0 Å². The minimum atomic E-state index is -0.393. The largest absolute Gasteiger partial charge is 0.360 e. The number of anilines is 1. The monoisotopic (exact) mass is 250 g/mol. The highest BCUT2D eigenvalue weighted by molar-refractivity contribution is 5.56. The van der Waals surface area contributed by atoms with Crippen LogP contribution in [0.4, 0.5) is 11.5 Å². The SMILES string of the molecule is Cc1ccc([N+](=O)[O-])c(NC2CCCNC2C)n1. The van der Waals surface area contributed by atoms with E-state index >= 15 is 0 Å². The molecule has 0 aromatic carbocycles. The van der Waals surface area contributed by atoms with E-state index < -0.39 is 4.92 Å². The molecule has 18 heavy (non-hydrogen) atoms. The zero-order valence-electron chi connectivity index (χ0n) is 10.6. The van der Waals surface area contributed by atoms with Crippen molar-refractivity contribution in [2.24, 2.45) is 0 Å². The summed E-state index contributed by atoms with van der Waals surface area (Å²) < 4.78 is 0. The second-order valence-corrected chi connectivity index (χ2v) is 4.71. The number of aryl methyl sites for hydroxylation is 1. The maximum atomic E-state index is 11.0. The van der Waals surface area contributed by atoms with E-state index in [0.717, 1.165) is 25.1 Å². The number of nitrogens with zero attached hydrogens (tertiary/aromatic N) is 2. The van der Waals surface area contributed by atoms with Gasteiger partial charge in [-0.2, -0.15) is 0 Å². The summed E-state index contributed by atoms with van der Waals surface area (Å²) in [6.07, 6.45) is 2.07. The summed E-state index contributed by atoms with van der Waals surface area (Å²) >= 11 is 0. The van der Waals surface area contributed by atoms with Gasteiger partial charge in [-0.25, -0.2) is 4.98 Å². The molecule has 1 aromatic rings. The zero-order chi connectivity index (χ0) is 13.1. The lowest BCUT2D eigenvalue weighted by molar-refractivity contribution is -0.384. The molecule has 0 amide bonds. The minimum absolute atomic E-state index is 0.0402. The molecule has 1 aliphatic heterocycles. The van der Waals surface area contributed by atoms with Crippen LogP contribution in [0.5, 0.6) is 0 Å². The maximum Gasteiger partial charge on any atom is 0.311 e. The molecule has 0 saturated carbocycles. The van der Waals surface area contributed by atoms with Crippen molar-refractivity contribution >= 4 is 11.5 Å². The molecule has 6 nitrogen and oxygen atoms in total. The summed E-state index contributed by atoms with van der Waals surface area (Å²) in [4.78, 5) is 14.8. The number of rotatable bonds is 3. The first-order valence-electron chi connectivity index (χ1n) is 6.20. The number of nitro groups is 1. The van der Waals surface area contributed by atoms with Crippen molar-refractivity contribution in [3.63, 3.8) is 0 Å². The Morgan fingerprint density at radius 2 is 2.33 bits per heavy atom. The number of hydrogen-bond donors (Lipinski definition) is 2. The topological polar surface area (TPSA) is 80.1 Å². The molecule has 0 radical (unpaired) electrons. The van der Waals surface area contributed by atoms with Crippen LogP contribution in [0.15, 0.2) is 12.1 Å². The number of hydrogen-bond acceptors (Lipinski definition) is 5. The highest BCUT2D eigenvalue weighted by Gasteiger charge is 2.24. The van der Waals surface area contributed by atoms with Crippen molar-refractivity contribution in [3.05, 3.63) is 27.9 Å². The molecule has 98 valence electrons. The molecule has 0 spiro atoms. The van der Waals surface area contributed by atoms with E-state index in [2.05, 4.69) is 22.5 Å². The third-order valence-corrected chi connectivity index (χ3v) is 3.29. The van der Waals surface area contributed by atoms with Gasteiger partial charge in [0, 0.05) is 23.8 Å². The van der Waals surface area contributed by atoms with Gasteiger partial charge < -0.3 is 10.6 Å². The molecule has 0 bridgehead atoms. The van der Waals surface area contributed by atoms with Gasteiger partial charge >= 0.3 is 5.69 Å². The Hall–Kier alpha value is -1.69. The fraction of sp³-hybridized carbons (Fsp3) is 0.583. The maximum absolute atomic E-state index is 11.0. The second-order valence-electron chi connectivity index (χ2n) is 4.71. The number of aromatic nitrogens is 1. The summed E-state index contributed by atoms with van der Waals surface area (Å²) in [5, 5.41) is 17.5. The third-order valence-electron chi connectivity index (χ3n) is 3.29. The smallest absolute Gasteiger partial charge is 0.311 e. The van der Waals surface area contributed by atoms with Crippen molar-refractivity contribution in [1.29, 1.82) is 0 Å². The van der Waals surface area contributed by atoms with Crippen molar-refractivity contribution in [1.82, 2.24) is 10.3 Å². The standard InChI is InChI=1S/C12H18N4O2/c1-8-5-6-11(16(17)18)12(14-8)15-10-4-3-7-13-9(10)2/h5-6,9-10,13H,3-4,7H2,1-2H3,(H,14,15). The number of nitrogens with one attached hydrogen (secondary N) is 2. The lowest BCUT2D eigenvalue weighted by Crippen LogP contribution is -2.46. The predicted octanol–water partition coefficient (Wildman–Crippen LogP) is 1.85. The summed E-state index contributed by atoms with van der Waals surface area (Å²) in [5.41, 5.74) is 0.817. The Balaban J connectivity index is 2.21. The molecule has 1 fully saturated rings. The van der Waals surface area contributed by atoms with Crippen LogP contribution in [0.1, 0.15) is 25.5 Å². The van der Waals surface area contributed by atoms with Gasteiger partial charge in [0.25, 0.3) is 0 Å². The van der Waals surface area contributed by atoms with Gasteiger partial charge in [-0.1, -0.05) is 0 Å². The summed E-state index contributed by atoms with van der Waals surface area (Å²) in [6.45, 7) is 4.92. The van der Waals surface area contributed by atoms with E-state index in [4.69, 9.17) is 0 Å². The first-order chi connectivity index (χ1) is 8.58. The van der Waals surface area contributed by atoms with Crippen molar-refractivity contribution in [3.8, 4) is 0 Å². The van der Waals surface area contributed by atoms with E-state index in [-0.39, 0.29) is 11.7 Å². The Labute approximate surface area is 106 Å². The van der Waals surface area contributed by atoms with E-state index in [0.29, 0.717) is 11.9 Å². The summed E-state index contributed by atoms with van der Waals surface area (Å²) in [7, 11) is 0. The van der Waals surface area contributed by atoms with Gasteiger partial charge in [-0.15, -0.1) is 0 Å². The number of piperidine rings is 1. The average Bonchev–Trinajstić information content (AvgIpc) is 2.32. The predicted molar refractivity (Wildman–Crippen MR) is 69.7 cm³/mol. The molecule has 2 atom stereocenters. The molecule has 2 heterocycles. The summed E-state index contributed by atoms with van der Waals surface area (Å²) in [6, 6.07) is 3.64. The molecule has 2 N–H and O–H groups in total. The minimum Gasteiger partial charge on any atom is -0.360 e. The van der Waals surface area contributed by atoms with Gasteiger partial charge in [0.05, 0.1) is 4.92 Å². The quantitative estimate of drug-likeness (QED) is 0.632. The van der Waals surface area contributed by atoms with Crippen molar-refractivity contribution in [2.75, 3.05) is 11.9 Å². The number of pyridine rings is 1. The van der Waals surface area contributed by atoms with Crippen LogP contribution in [-0.2, 0) is 0 Å². The van der Waals surface area contributed by atoms with Gasteiger partial charge in [0.15, 0.2) is 0 Å². The molecule has 1 aliphatic rings. The van der Waals surface area contributed by atoms with E-state index in [1.165, 1.54) is 6.07 Å². The zero-order valence-corrected chi connectivity index (χ0v) is 10.6. The van der Waals surface area contributed by atoms with Crippen molar-refractivity contribution in [2.45, 2.75) is 38.8 Å². The lowest BCUT2D eigenvalue weighted by atomic mass is 10.00. The molecule has 0 aliphatic carbocycles. The normalized spacial score (nSPS) is 23.7. The van der Waals surface area contributed by atoms with Crippen LogP contribution < -0.4 is 10.6 Å². The van der Waals surface area contributed by atoms with Crippen LogP contribution in [0.25, 0.3) is 0 Å². The van der Waals surface area contributed by atoms with Crippen LogP contribution in [-0.4, -0.2) is 28.5 Å². The second kappa shape index (κ2) is 5.30. The first kappa shape index (κ1) is 12.8. The van der Waals surface area contributed by atoms with Crippen LogP contribution in [0, 0.1) is 17.0 Å². The van der Waals surface area contributed by atoms with Gasteiger partial charge in [-0.05, 0) is 39.3 Å². The van der Waals surface area contributed by atoms with E-state index in [1.54, 1.807) is 6.07 Å². The van der Waals surface area contributed by atoms with Gasteiger partial charge in [-0.3, -0.25) is 10.1 Å². The van der Waals surface area contributed by atoms with Crippen LogP contribution >= 0.6 is 0 Å². The molecular weight excluding hydrogens is 232 g/mol. The Bertz CT molecular complexity index is 450. The van der Waals surface area contributed by atoms with Gasteiger partial charge in [0.2, 0.25) is 5.82 Å². The fourth-order valence-corrected chi connectivity index (χ4v) is 2.22. The van der Waals surface area contributed by atoms with Gasteiger partial charge in [0.1, 0.15) is 0 Å². The molecule has 2 rings (SSSR count). The summed E-state index contributed by atoms with van der Waals surface area (Å²) in [5.74, 6) is 0.376. The Morgan fingerprint density at radius 3 is 3.00 bits per heavy atom.